The summed E-state index contributed by atoms with van der Waals surface area (Å²) < 4.78 is 22.8. The molecule has 246 valence electrons. The van der Waals surface area contributed by atoms with Crippen molar-refractivity contribution < 1.29 is 59.5 Å². The molecule has 0 radical (unpaired) electrons. The maximum Gasteiger partial charge on any atom is 0.306 e. The summed E-state index contributed by atoms with van der Waals surface area (Å²) in [5, 5.41) is 71.7. The molecular weight excluding hydrogens is 564 g/mol. The molecule has 3 rings (SSSR count). The van der Waals surface area contributed by atoms with E-state index in [1.807, 2.05) is 0 Å². The molecule has 1 aromatic carbocycles. The number of aliphatic hydroxyl groups excluding tert-OH is 7. The van der Waals surface area contributed by atoms with Crippen LogP contribution in [0.2, 0.25) is 0 Å². The van der Waals surface area contributed by atoms with Gasteiger partial charge >= 0.3 is 5.97 Å². The van der Waals surface area contributed by atoms with E-state index in [4.69, 9.17) is 18.9 Å². The maximum absolute atomic E-state index is 12.1. The van der Waals surface area contributed by atoms with Crippen LogP contribution < -0.4 is 4.74 Å². The van der Waals surface area contributed by atoms with Gasteiger partial charge in [0.1, 0.15) is 49.0 Å². The lowest BCUT2D eigenvalue weighted by atomic mass is 9.81. The van der Waals surface area contributed by atoms with E-state index in [0.29, 0.717) is 23.7 Å². The van der Waals surface area contributed by atoms with Gasteiger partial charge in [-0.3, -0.25) is 4.79 Å². The third kappa shape index (κ3) is 9.81. The van der Waals surface area contributed by atoms with Gasteiger partial charge in [0.2, 0.25) is 6.29 Å². The number of unbranched alkanes of at least 4 members (excludes halogenated alkanes) is 3. The van der Waals surface area contributed by atoms with Crippen LogP contribution in [0, 0.1) is 18.8 Å². The molecule has 10 atom stereocenters. The second-order valence-corrected chi connectivity index (χ2v) is 12.2. The van der Waals surface area contributed by atoms with Crippen LogP contribution in [0.25, 0.3) is 0 Å². The standard InChI is InChI=1S/C31H50O12/c1-17(2)8-6-4-5-7-9-24(34)40-16-19-10-11-21(18(3)12-19)42-31-29(39)28(38)30(23(15-33)43-31)41-22-13-20(14-32)25(35)27(37)26(22)36/h10-12,17,20,22-23,25-33,35-39H,4-9,13-16H2,1-3H3. The van der Waals surface area contributed by atoms with Gasteiger partial charge < -0.3 is 54.7 Å². The third-order valence-electron chi connectivity index (χ3n) is 8.28. The van der Waals surface area contributed by atoms with Crippen LogP contribution in [-0.2, 0) is 25.6 Å². The summed E-state index contributed by atoms with van der Waals surface area (Å²) in [5.41, 5.74) is 1.41. The number of rotatable bonds is 15. The predicted molar refractivity (Wildman–Crippen MR) is 154 cm³/mol. The monoisotopic (exact) mass is 614 g/mol. The Morgan fingerprint density at radius 3 is 2.30 bits per heavy atom. The molecule has 1 aliphatic carbocycles. The summed E-state index contributed by atoms with van der Waals surface area (Å²) in [7, 11) is 0. The molecule has 0 spiro atoms. The van der Waals surface area contributed by atoms with Gasteiger partial charge in [-0.2, -0.15) is 0 Å². The van der Waals surface area contributed by atoms with E-state index in [1.165, 1.54) is 12.8 Å². The van der Waals surface area contributed by atoms with Gasteiger partial charge in [0, 0.05) is 18.9 Å². The number of aliphatic hydroxyl groups is 7. The van der Waals surface area contributed by atoms with Crippen molar-refractivity contribution in [2.45, 2.75) is 127 Å². The highest BCUT2D eigenvalue weighted by molar-refractivity contribution is 5.69. The normalized spacial score (nSPS) is 33.0. The molecule has 1 heterocycles. The quantitative estimate of drug-likeness (QED) is 0.108. The van der Waals surface area contributed by atoms with Gasteiger partial charge in [-0.15, -0.1) is 0 Å². The topological polar surface area (TPSA) is 196 Å². The Bertz CT molecular complexity index is 986. The number of aryl methyl sites for hydroxylation is 1. The smallest absolute Gasteiger partial charge is 0.306 e. The van der Waals surface area contributed by atoms with Crippen molar-refractivity contribution in [1.82, 2.24) is 0 Å². The molecule has 10 unspecified atom stereocenters. The molecule has 0 amide bonds. The zero-order valence-corrected chi connectivity index (χ0v) is 25.3. The minimum absolute atomic E-state index is 0.0351. The number of esters is 1. The minimum Gasteiger partial charge on any atom is -0.462 e. The average Bonchev–Trinajstić information content (AvgIpc) is 2.98. The number of benzene rings is 1. The van der Waals surface area contributed by atoms with Crippen LogP contribution in [0.1, 0.15) is 69.9 Å². The number of carbonyl (C=O) groups excluding carboxylic acids is 1. The third-order valence-corrected chi connectivity index (χ3v) is 8.28. The Hall–Kier alpha value is -1.87. The van der Waals surface area contributed by atoms with Gasteiger partial charge in [-0.05, 0) is 48.9 Å². The lowest BCUT2D eigenvalue weighted by Gasteiger charge is -2.46. The fourth-order valence-corrected chi connectivity index (χ4v) is 5.59. The summed E-state index contributed by atoms with van der Waals surface area (Å²) in [4.78, 5) is 12.1. The first-order valence-corrected chi connectivity index (χ1v) is 15.3. The molecule has 1 aromatic rings. The molecule has 0 bridgehead atoms. The molecule has 2 aliphatic rings. The first-order chi connectivity index (χ1) is 20.5. The molecule has 0 aromatic heterocycles. The first kappa shape index (κ1) is 35.6. The fraction of sp³-hybridized carbons (Fsp3) is 0.774. The number of hydrogen-bond acceptors (Lipinski definition) is 12. The lowest BCUT2D eigenvalue weighted by Crippen LogP contribution is -2.63. The van der Waals surface area contributed by atoms with Crippen LogP contribution in [0.5, 0.6) is 5.75 Å². The van der Waals surface area contributed by atoms with E-state index >= 15 is 0 Å². The van der Waals surface area contributed by atoms with Crippen LogP contribution in [0.3, 0.4) is 0 Å². The predicted octanol–water partition coefficient (Wildman–Crippen LogP) is 0.701. The summed E-state index contributed by atoms with van der Waals surface area (Å²) >= 11 is 0. The van der Waals surface area contributed by atoms with E-state index in [0.717, 1.165) is 24.8 Å². The van der Waals surface area contributed by atoms with Crippen molar-refractivity contribution >= 4 is 5.97 Å². The molecule has 2 fully saturated rings. The Balaban J connectivity index is 1.52. The van der Waals surface area contributed by atoms with E-state index < -0.39 is 74.3 Å². The highest BCUT2D eigenvalue weighted by atomic mass is 16.7. The average molecular weight is 615 g/mol. The molecule has 7 N–H and O–H groups in total. The van der Waals surface area contributed by atoms with E-state index in [-0.39, 0.29) is 19.0 Å². The molecule has 1 saturated heterocycles. The van der Waals surface area contributed by atoms with Crippen LogP contribution >= 0.6 is 0 Å². The largest absolute Gasteiger partial charge is 0.462 e. The summed E-state index contributed by atoms with van der Waals surface area (Å²) in [5.74, 6) is 0.00524. The Labute approximate surface area is 253 Å². The number of carbonyl (C=O) groups is 1. The van der Waals surface area contributed by atoms with E-state index in [9.17, 15) is 40.5 Å². The second-order valence-electron chi connectivity index (χ2n) is 12.2. The van der Waals surface area contributed by atoms with Crippen LogP contribution in [0.4, 0.5) is 0 Å². The molecule has 1 aliphatic heterocycles. The maximum atomic E-state index is 12.1. The van der Waals surface area contributed by atoms with Crippen LogP contribution in [0.15, 0.2) is 18.2 Å². The first-order valence-electron chi connectivity index (χ1n) is 15.3. The fourth-order valence-electron chi connectivity index (χ4n) is 5.59. The zero-order chi connectivity index (χ0) is 31.7. The molecule has 43 heavy (non-hydrogen) atoms. The van der Waals surface area contributed by atoms with Crippen molar-refractivity contribution in [1.29, 1.82) is 0 Å². The van der Waals surface area contributed by atoms with Crippen molar-refractivity contribution in [3.8, 4) is 5.75 Å². The summed E-state index contributed by atoms with van der Waals surface area (Å²) in [6.45, 7) is 5.20. The van der Waals surface area contributed by atoms with E-state index in [1.54, 1.807) is 25.1 Å². The number of hydrogen-bond donors (Lipinski definition) is 7. The van der Waals surface area contributed by atoms with Gasteiger partial charge in [0.05, 0.1) is 18.8 Å². The molecular formula is C31H50O12. The zero-order valence-electron chi connectivity index (χ0n) is 25.3. The highest BCUT2D eigenvalue weighted by Crippen LogP contribution is 2.33. The molecule has 12 nitrogen and oxygen atoms in total. The minimum atomic E-state index is -1.61. The van der Waals surface area contributed by atoms with Gasteiger partial charge in [-0.1, -0.05) is 45.6 Å². The van der Waals surface area contributed by atoms with E-state index in [2.05, 4.69) is 13.8 Å². The van der Waals surface area contributed by atoms with Crippen LogP contribution in [-0.4, -0.2) is 110 Å². The Morgan fingerprint density at radius 2 is 1.65 bits per heavy atom. The van der Waals surface area contributed by atoms with Crippen molar-refractivity contribution in [3.05, 3.63) is 29.3 Å². The second kappa shape index (κ2) is 17.0. The Kier molecular flexibility index (Phi) is 14.1. The van der Waals surface area contributed by atoms with Gasteiger partial charge in [-0.25, -0.2) is 0 Å². The summed E-state index contributed by atoms with van der Waals surface area (Å²) in [6.07, 6.45) is -7.03. The SMILES string of the molecule is Cc1cc(COC(=O)CCCCCCC(C)C)ccc1OC1OC(CO)C(OC2CC(CO)C(O)C(O)C2O)C(O)C1O. The van der Waals surface area contributed by atoms with Crippen molar-refractivity contribution in [2.75, 3.05) is 13.2 Å². The number of ether oxygens (including phenoxy) is 4. The summed E-state index contributed by atoms with van der Waals surface area (Å²) in [6, 6.07) is 5.12. The van der Waals surface area contributed by atoms with Gasteiger partial charge in [0.25, 0.3) is 0 Å². The molecule has 1 saturated carbocycles. The van der Waals surface area contributed by atoms with Gasteiger partial charge in [0.15, 0.2) is 0 Å². The lowest BCUT2D eigenvalue weighted by molar-refractivity contribution is -0.303. The van der Waals surface area contributed by atoms with Crippen molar-refractivity contribution in [3.63, 3.8) is 0 Å². The molecule has 12 heteroatoms. The van der Waals surface area contributed by atoms with Crippen molar-refractivity contribution in [2.24, 2.45) is 11.8 Å². The highest BCUT2D eigenvalue weighted by Gasteiger charge is 2.50. The Morgan fingerprint density at radius 1 is 0.930 bits per heavy atom.